The van der Waals surface area contributed by atoms with Gasteiger partial charge in [-0.25, -0.2) is 8.78 Å². The molecule has 2 N–H and O–H groups in total. The van der Waals surface area contributed by atoms with Crippen LogP contribution in [-0.2, 0) is 5.75 Å². The van der Waals surface area contributed by atoms with Crippen LogP contribution in [0.4, 0.5) is 14.5 Å². The fraction of sp³-hybridized carbons (Fsp3) is 0.188. The zero-order valence-corrected chi connectivity index (χ0v) is 15.6. The van der Waals surface area contributed by atoms with Crippen LogP contribution >= 0.6 is 47.2 Å². The lowest BCUT2D eigenvalue weighted by Crippen LogP contribution is -2.30. The molecule has 0 radical (unpaired) electrons. The van der Waals surface area contributed by atoms with Gasteiger partial charge in [-0.05, 0) is 42.0 Å². The van der Waals surface area contributed by atoms with Gasteiger partial charge in [-0.2, -0.15) is 11.8 Å². The third-order valence-electron chi connectivity index (χ3n) is 3.02. The molecule has 0 bridgehead atoms. The molecule has 0 atom stereocenters. The Bertz CT molecular complexity index is 709. The van der Waals surface area contributed by atoms with E-state index in [-0.39, 0.29) is 10.8 Å². The Morgan fingerprint density at radius 1 is 1.12 bits per heavy atom. The van der Waals surface area contributed by atoms with Crippen LogP contribution in [0, 0.1) is 11.6 Å². The lowest BCUT2D eigenvalue weighted by molar-refractivity contribution is 0.586. The van der Waals surface area contributed by atoms with E-state index in [9.17, 15) is 8.78 Å². The van der Waals surface area contributed by atoms with Crippen molar-refractivity contribution in [2.45, 2.75) is 5.75 Å². The van der Waals surface area contributed by atoms with E-state index >= 15 is 0 Å². The van der Waals surface area contributed by atoms with Gasteiger partial charge in [0, 0.05) is 34.2 Å². The monoisotopic (exact) mass is 406 g/mol. The molecule has 0 aliphatic heterocycles. The summed E-state index contributed by atoms with van der Waals surface area (Å²) in [6.45, 7) is 0.585. The number of anilines is 1. The number of thioether (sulfide) groups is 1. The van der Waals surface area contributed by atoms with Crippen molar-refractivity contribution in [2.24, 2.45) is 0 Å². The zero-order chi connectivity index (χ0) is 17.5. The Hall–Kier alpha value is -1.08. The van der Waals surface area contributed by atoms with Gasteiger partial charge in [-0.1, -0.05) is 29.3 Å². The van der Waals surface area contributed by atoms with E-state index in [4.69, 9.17) is 35.4 Å². The largest absolute Gasteiger partial charge is 0.362 e. The highest BCUT2D eigenvalue weighted by Crippen LogP contribution is 2.27. The molecule has 0 spiro atoms. The third kappa shape index (κ3) is 5.77. The fourth-order valence-corrected chi connectivity index (χ4v) is 3.65. The molecule has 0 fully saturated rings. The van der Waals surface area contributed by atoms with Crippen molar-refractivity contribution in [1.82, 2.24) is 5.32 Å². The molecule has 0 unspecified atom stereocenters. The number of nitrogens with one attached hydrogen (secondary N) is 2. The Balaban J connectivity index is 1.71. The van der Waals surface area contributed by atoms with Gasteiger partial charge >= 0.3 is 0 Å². The van der Waals surface area contributed by atoms with E-state index in [0.29, 0.717) is 22.3 Å². The normalized spacial score (nSPS) is 10.5. The van der Waals surface area contributed by atoms with Crippen LogP contribution in [0.3, 0.4) is 0 Å². The second-order valence-corrected chi connectivity index (χ2v) is 7.09. The molecule has 128 valence electrons. The lowest BCUT2D eigenvalue weighted by atomic mass is 10.2. The highest BCUT2D eigenvalue weighted by Gasteiger charge is 2.07. The maximum Gasteiger partial charge on any atom is 0.170 e. The summed E-state index contributed by atoms with van der Waals surface area (Å²) in [5.74, 6) is 0.121. The minimum absolute atomic E-state index is 0.129. The maximum atomic E-state index is 13.5. The second-order valence-electron chi connectivity index (χ2n) is 4.76. The zero-order valence-electron chi connectivity index (χ0n) is 12.4. The van der Waals surface area contributed by atoms with Gasteiger partial charge in [0.1, 0.15) is 11.6 Å². The molecular weight excluding hydrogens is 393 g/mol. The number of rotatable bonds is 6. The first kappa shape index (κ1) is 19.2. The van der Waals surface area contributed by atoms with E-state index in [1.54, 1.807) is 30.0 Å². The second kappa shape index (κ2) is 9.42. The molecule has 2 nitrogen and oxygen atoms in total. The molecule has 2 rings (SSSR count). The number of benzene rings is 2. The van der Waals surface area contributed by atoms with Crippen LogP contribution in [0.15, 0.2) is 36.4 Å². The standard InChI is InChI=1S/C16H14Cl2F2N2S2/c17-12-2-1-3-13(18)11(12)9-24-7-6-21-16(23)22-15-5-4-10(19)8-14(15)20/h1-5,8H,6-7,9H2,(H2,21,22,23). The number of halogens is 4. The topological polar surface area (TPSA) is 24.1 Å². The van der Waals surface area contributed by atoms with E-state index in [1.807, 2.05) is 0 Å². The molecule has 2 aromatic carbocycles. The van der Waals surface area contributed by atoms with Crippen molar-refractivity contribution in [3.8, 4) is 0 Å². The first-order chi connectivity index (χ1) is 11.5. The summed E-state index contributed by atoms with van der Waals surface area (Å²) in [7, 11) is 0. The molecule has 0 aromatic heterocycles. The highest BCUT2D eigenvalue weighted by atomic mass is 35.5. The maximum absolute atomic E-state index is 13.5. The quantitative estimate of drug-likeness (QED) is 0.489. The van der Waals surface area contributed by atoms with E-state index in [1.165, 1.54) is 6.07 Å². The molecule has 24 heavy (non-hydrogen) atoms. The van der Waals surface area contributed by atoms with Gasteiger partial charge in [0.05, 0.1) is 5.69 Å². The molecule has 0 amide bonds. The van der Waals surface area contributed by atoms with Crippen molar-refractivity contribution >= 4 is 58.0 Å². The average molecular weight is 407 g/mol. The summed E-state index contributed by atoms with van der Waals surface area (Å²) < 4.78 is 26.3. The van der Waals surface area contributed by atoms with Gasteiger partial charge in [0.2, 0.25) is 0 Å². The molecule has 0 saturated carbocycles. The lowest BCUT2D eigenvalue weighted by Gasteiger charge is -2.11. The van der Waals surface area contributed by atoms with Crippen LogP contribution in [0.2, 0.25) is 10.0 Å². The van der Waals surface area contributed by atoms with Gasteiger partial charge in [0.25, 0.3) is 0 Å². The van der Waals surface area contributed by atoms with Gasteiger partial charge < -0.3 is 10.6 Å². The summed E-state index contributed by atoms with van der Waals surface area (Å²) in [5.41, 5.74) is 1.03. The van der Waals surface area contributed by atoms with Crippen molar-refractivity contribution in [1.29, 1.82) is 0 Å². The third-order valence-corrected chi connectivity index (χ3v) is 4.96. The molecule has 0 heterocycles. The predicted octanol–water partition coefficient (Wildman–Crippen LogP) is 5.49. The molecule has 2 aromatic rings. The van der Waals surface area contributed by atoms with Crippen LogP contribution in [0.1, 0.15) is 5.56 Å². The minimum Gasteiger partial charge on any atom is -0.362 e. The van der Waals surface area contributed by atoms with E-state index < -0.39 is 11.6 Å². The Labute approximate surface area is 158 Å². The Kier molecular flexibility index (Phi) is 7.55. The van der Waals surface area contributed by atoms with Gasteiger partial charge in [-0.3, -0.25) is 0 Å². The van der Waals surface area contributed by atoms with Crippen molar-refractivity contribution in [3.05, 3.63) is 63.6 Å². The van der Waals surface area contributed by atoms with Crippen molar-refractivity contribution < 1.29 is 8.78 Å². The molecule has 0 aliphatic carbocycles. The van der Waals surface area contributed by atoms with Crippen LogP contribution in [0.5, 0.6) is 0 Å². The van der Waals surface area contributed by atoms with Crippen molar-refractivity contribution in [3.63, 3.8) is 0 Å². The van der Waals surface area contributed by atoms with E-state index in [0.717, 1.165) is 23.4 Å². The summed E-state index contributed by atoms with van der Waals surface area (Å²) in [6.07, 6.45) is 0. The SMILES string of the molecule is Fc1ccc(NC(=S)NCCSCc2c(Cl)cccc2Cl)c(F)c1. The minimum atomic E-state index is -0.693. The first-order valence-electron chi connectivity index (χ1n) is 6.98. The summed E-state index contributed by atoms with van der Waals surface area (Å²) >= 11 is 18.9. The van der Waals surface area contributed by atoms with Gasteiger partial charge in [0.15, 0.2) is 5.11 Å². The van der Waals surface area contributed by atoms with E-state index in [2.05, 4.69) is 10.6 Å². The Morgan fingerprint density at radius 3 is 2.50 bits per heavy atom. The summed E-state index contributed by atoms with van der Waals surface area (Å²) in [5, 5.41) is 7.22. The average Bonchev–Trinajstić information content (AvgIpc) is 2.52. The van der Waals surface area contributed by atoms with Crippen molar-refractivity contribution in [2.75, 3.05) is 17.6 Å². The van der Waals surface area contributed by atoms with Crippen LogP contribution in [0.25, 0.3) is 0 Å². The molecule has 0 saturated heterocycles. The smallest absolute Gasteiger partial charge is 0.170 e. The van der Waals surface area contributed by atoms with Crippen LogP contribution < -0.4 is 10.6 Å². The number of hydrogen-bond donors (Lipinski definition) is 2. The molecular formula is C16H14Cl2F2N2S2. The predicted molar refractivity (Wildman–Crippen MR) is 103 cm³/mol. The summed E-state index contributed by atoms with van der Waals surface area (Å²) in [6, 6.07) is 8.67. The first-order valence-corrected chi connectivity index (χ1v) is 9.30. The number of hydrogen-bond acceptors (Lipinski definition) is 2. The fourth-order valence-electron chi connectivity index (χ4n) is 1.84. The summed E-state index contributed by atoms with van der Waals surface area (Å²) in [4.78, 5) is 0. The van der Waals surface area contributed by atoms with Gasteiger partial charge in [-0.15, -0.1) is 0 Å². The molecule has 0 aliphatic rings. The Morgan fingerprint density at radius 2 is 1.83 bits per heavy atom. The highest BCUT2D eigenvalue weighted by molar-refractivity contribution is 7.98. The van der Waals surface area contributed by atoms with Crippen LogP contribution in [-0.4, -0.2) is 17.4 Å². The number of thiocarbonyl (C=S) groups is 1. The molecule has 8 heteroatoms.